The van der Waals surface area contributed by atoms with Crippen molar-refractivity contribution in [2.45, 2.75) is 31.4 Å². The van der Waals surface area contributed by atoms with Gasteiger partial charge < -0.3 is 5.32 Å². The molecule has 2 unspecified atom stereocenters. The third kappa shape index (κ3) is 2.12. The number of hydrogen-bond donors (Lipinski definition) is 1. The summed E-state index contributed by atoms with van der Waals surface area (Å²) in [6.07, 6.45) is 2.36. The zero-order chi connectivity index (χ0) is 12.1. The minimum atomic E-state index is -2.87. The number of nitrogens with one attached hydrogen (secondary N) is 1. The molecule has 0 radical (unpaired) electrons. The normalized spacial score (nSPS) is 45.9. The molecule has 17 heavy (non-hydrogen) atoms. The summed E-state index contributed by atoms with van der Waals surface area (Å²) in [5, 5.41) is 3.32. The van der Waals surface area contributed by atoms with Crippen LogP contribution in [-0.2, 0) is 9.84 Å². The maximum atomic E-state index is 14.9. The van der Waals surface area contributed by atoms with Crippen LogP contribution >= 0.6 is 0 Å². The van der Waals surface area contributed by atoms with Crippen molar-refractivity contribution in [1.82, 2.24) is 5.32 Å². The standard InChI is InChI=1S/C12H20FNO2S/c13-12(5-9-7-14-8-10(9)6-12)11-1-3-17(15,16)4-2-11/h9-11,14H,1-8H2. The SMILES string of the molecule is O=S1(=O)CCC(C2(F)CC3CNCC3C2)CC1. The van der Waals surface area contributed by atoms with Gasteiger partial charge in [-0.3, -0.25) is 0 Å². The molecule has 2 heterocycles. The molecule has 1 aliphatic carbocycles. The highest BCUT2D eigenvalue weighted by Gasteiger charge is 2.52. The van der Waals surface area contributed by atoms with Crippen molar-refractivity contribution in [1.29, 1.82) is 0 Å². The number of sulfone groups is 1. The summed E-state index contributed by atoms with van der Waals surface area (Å²) in [5.41, 5.74) is -1.08. The zero-order valence-electron chi connectivity index (χ0n) is 9.99. The second-order valence-electron chi connectivity index (χ2n) is 6.05. The number of fused-ring (bicyclic) bond motifs is 1. The molecule has 2 saturated heterocycles. The van der Waals surface area contributed by atoms with Crippen molar-refractivity contribution in [3.8, 4) is 0 Å². The summed E-state index contributed by atoms with van der Waals surface area (Å²) in [7, 11) is -2.87. The number of alkyl halides is 1. The van der Waals surface area contributed by atoms with Gasteiger partial charge in [0, 0.05) is 0 Å². The van der Waals surface area contributed by atoms with E-state index < -0.39 is 15.5 Å². The largest absolute Gasteiger partial charge is 0.316 e. The van der Waals surface area contributed by atoms with Crippen molar-refractivity contribution in [3.05, 3.63) is 0 Å². The van der Waals surface area contributed by atoms with Crippen molar-refractivity contribution in [2.75, 3.05) is 24.6 Å². The molecule has 1 N–H and O–H groups in total. The van der Waals surface area contributed by atoms with E-state index in [2.05, 4.69) is 5.32 Å². The van der Waals surface area contributed by atoms with Gasteiger partial charge in [-0.1, -0.05) is 0 Å². The molecule has 0 spiro atoms. The topological polar surface area (TPSA) is 46.2 Å². The molecule has 0 amide bonds. The summed E-state index contributed by atoms with van der Waals surface area (Å²) in [4.78, 5) is 0. The van der Waals surface area contributed by atoms with Crippen molar-refractivity contribution >= 4 is 9.84 Å². The van der Waals surface area contributed by atoms with Crippen LogP contribution in [-0.4, -0.2) is 38.7 Å². The molecule has 0 bridgehead atoms. The van der Waals surface area contributed by atoms with Crippen molar-refractivity contribution < 1.29 is 12.8 Å². The highest BCUT2D eigenvalue weighted by atomic mass is 32.2. The summed E-state index contributed by atoms with van der Waals surface area (Å²) < 4.78 is 37.7. The monoisotopic (exact) mass is 261 g/mol. The lowest BCUT2D eigenvalue weighted by molar-refractivity contribution is 0.0718. The lowest BCUT2D eigenvalue weighted by Gasteiger charge is -2.33. The van der Waals surface area contributed by atoms with E-state index >= 15 is 0 Å². The van der Waals surface area contributed by atoms with Crippen LogP contribution in [0.15, 0.2) is 0 Å². The second kappa shape index (κ2) is 3.92. The van der Waals surface area contributed by atoms with E-state index in [0.717, 1.165) is 13.1 Å². The fraction of sp³-hybridized carbons (Fsp3) is 1.00. The van der Waals surface area contributed by atoms with E-state index in [4.69, 9.17) is 0 Å². The van der Waals surface area contributed by atoms with Gasteiger partial charge >= 0.3 is 0 Å². The van der Waals surface area contributed by atoms with Gasteiger partial charge in [-0.15, -0.1) is 0 Å². The van der Waals surface area contributed by atoms with Gasteiger partial charge in [-0.2, -0.15) is 0 Å². The highest BCUT2D eigenvalue weighted by molar-refractivity contribution is 7.91. The summed E-state index contributed by atoms with van der Waals surface area (Å²) in [6.45, 7) is 1.89. The van der Waals surface area contributed by atoms with Crippen LogP contribution in [0.1, 0.15) is 25.7 Å². The Labute approximate surface area is 102 Å². The predicted molar refractivity (Wildman–Crippen MR) is 64.3 cm³/mol. The Morgan fingerprint density at radius 2 is 1.59 bits per heavy atom. The lowest BCUT2D eigenvalue weighted by atomic mass is 9.82. The van der Waals surface area contributed by atoms with Crippen LogP contribution in [0, 0.1) is 17.8 Å². The number of hydrogen-bond acceptors (Lipinski definition) is 3. The van der Waals surface area contributed by atoms with E-state index in [-0.39, 0.29) is 17.4 Å². The smallest absolute Gasteiger partial charge is 0.150 e. The quantitative estimate of drug-likeness (QED) is 0.770. The molecule has 2 aliphatic heterocycles. The first-order chi connectivity index (χ1) is 7.99. The lowest BCUT2D eigenvalue weighted by Crippen LogP contribution is -2.38. The molecule has 1 saturated carbocycles. The third-order valence-corrected chi connectivity index (χ3v) is 6.68. The van der Waals surface area contributed by atoms with Crippen LogP contribution in [0.2, 0.25) is 0 Å². The first-order valence-electron chi connectivity index (χ1n) is 6.59. The Balaban J connectivity index is 1.69. The molecule has 2 atom stereocenters. The molecular weight excluding hydrogens is 241 g/mol. The fourth-order valence-corrected chi connectivity index (χ4v) is 5.45. The summed E-state index contributed by atoms with van der Waals surface area (Å²) in [6, 6.07) is 0. The molecular formula is C12H20FNO2S. The average Bonchev–Trinajstić information content (AvgIpc) is 2.75. The Morgan fingerprint density at radius 3 is 2.12 bits per heavy atom. The summed E-state index contributed by atoms with van der Waals surface area (Å²) in [5.74, 6) is 1.34. The Hall–Kier alpha value is -0.160. The van der Waals surface area contributed by atoms with E-state index in [1.165, 1.54) is 0 Å². The molecule has 3 fully saturated rings. The maximum Gasteiger partial charge on any atom is 0.150 e. The average molecular weight is 261 g/mol. The van der Waals surface area contributed by atoms with Gasteiger partial charge in [0.2, 0.25) is 0 Å². The van der Waals surface area contributed by atoms with E-state index in [1.807, 2.05) is 0 Å². The zero-order valence-corrected chi connectivity index (χ0v) is 10.8. The molecule has 0 aromatic carbocycles. The highest BCUT2D eigenvalue weighted by Crippen LogP contribution is 2.50. The van der Waals surface area contributed by atoms with Crippen molar-refractivity contribution in [2.24, 2.45) is 17.8 Å². The third-order valence-electron chi connectivity index (χ3n) is 4.97. The van der Waals surface area contributed by atoms with Crippen LogP contribution in [0.5, 0.6) is 0 Å². The summed E-state index contributed by atoms with van der Waals surface area (Å²) >= 11 is 0. The molecule has 3 rings (SSSR count). The Morgan fingerprint density at radius 1 is 1.06 bits per heavy atom. The van der Waals surface area contributed by atoms with Gasteiger partial charge in [0.1, 0.15) is 15.5 Å². The number of rotatable bonds is 1. The van der Waals surface area contributed by atoms with Gasteiger partial charge in [0.25, 0.3) is 0 Å². The molecule has 5 heteroatoms. The minimum Gasteiger partial charge on any atom is -0.316 e. The van der Waals surface area contributed by atoms with Gasteiger partial charge in [0.05, 0.1) is 11.5 Å². The molecule has 0 aromatic rings. The van der Waals surface area contributed by atoms with E-state index in [0.29, 0.717) is 37.5 Å². The first-order valence-corrected chi connectivity index (χ1v) is 8.41. The van der Waals surface area contributed by atoms with Crippen molar-refractivity contribution in [3.63, 3.8) is 0 Å². The molecule has 3 aliphatic rings. The molecule has 3 nitrogen and oxygen atoms in total. The Kier molecular flexibility index (Phi) is 2.74. The minimum absolute atomic E-state index is 0.0170. The van der Waals surface area contributed by atoms with Crippen LogP contribution < -0.4 is 5.32 Å². The molecule has 0 aromatic heterocycles. The Bertz CT molecular complexity index is 383. The second-order valence-corrected chi connectivity index (χ2v) is 8.35. The fourth-order valence-electron chi connectivity index (χ4n) is 3.96. The van der Waals surface area contributed by atoms with Crippen LogP contribution in [0.25, 0.3) is 0 Å². The van der Waals surface area contributed by atoms with E-state index in [9.17, 15) is 12.8 Å². The van der Waals surface area contributed by atoms with Crippen LogP contribution in [0.3, 0.4) is 0 Å². The predicted octanol–water partition coefficient (Wildman–Crippen LogP) is 1.15. The first kappa shape index (κ1) is 11.9. The van der Waals surface area contributed by atoms with Crippen LogP contribution in [0.4, 0.5) is 4.39 Å². The molecule has 98 valence electrons. The van der Waals surface area contributed by atoms with E-state index in [1.54, 1.807) is 0 Å². The maximum absolute atomic E-state index is 14.9. The number of halogens is 1. The van der Waals surface area contributed by atoms with Gasteiger partial charge in [-0.05, 0) is 56.5 Å². The van der Waals surface area contributed by atoms with Gasteiger partial charge in [-0.25, -0.2) is 12.8 Å². The van der Waals surface area contributed by atoms with Gasteiger partial charge in [0.15, 0.2) is 0 Å².